The van der Waals surface area contributed by atoms with Crippen molar-refractivity contribution in [3.63, 3.8) is 0 Å². The van der Waals surface area contributed by atoms with Gasteiger partial charge in [0.05, 0.1) is 5.02 Å². The number of rotatable bonds is 5. The molecule has 0 saturated carbocycles. The van der Waals surface area contributed by atoms with Crippen molar-refractivity contribution in [2.45, 2.75) is 26.3 Å². The fourth-order valence-corrected chi connectivity index (χ4v) is 1.66. The molecule has 0 aliphatic carbocycles. The molecule has 0 aliphatic heterocycles. The Hall–Kier alpha value is -1.13. The molecule has 4 nitrogen and oxygen atoms in total. The first-order valence-electron chi connectivity index (χ1n) is 5.65. The van der Waals surface area contributed by atoms with E-state index in [4.69, 9.17) is 17.3 Å². The minimum atomic E-state index is -0.210. The van der Waals surface area contributed by atoms with Crippen LogP contribution in [-0.4, -0.2) is 23.5 Å². The van der Waals surface area contributed by atoms with Crippen molar-refractivity contribution < 1.29 is 4.79 Å². The number of carbonyl (C=O) groups is 1. The van der Waals surface area contributed by atoms with Crippen LogP contribution in [0.2, 0.25) is 5.02 Å². The number of pyridine rings is 1. The van der Waals surface area contributed by atoms with E-state index in [1.165, 1.54) is 6.20 Å². The first-order valence-corrected chi connectivity index (χ1v) is 6.03. The third-order valence-electron chi connectivity index (χ3n) is 2.34. The minimum absolute atomic E-state index is 0.0139. The topological polar surface area (TPSA) is 68.0 Å². The van der Waals surface area contributed by atoms with E-state index in [0.29, 0.717) is 23.2 Å². The van der Waals surface area contributed by atoms with E-state index in [1.807, 2.05) is 0 Å². The Morgan fingerprint density at radius 1 is 1.53 bits per heavy atom. The van der Waals surface area contributed by atoms with Gasteiger partial charge in [0, 0.05) is 18.8 Å². The lowest BCUT2D eigenvalue weighted by atomic mass is 10.0. The summed E-state index contributed by atoms with van der Waals surface area (Å²) in [5, 5.41) is 3.38. The first-order chi connectivity index (χ1) is 8.02. The summed E-state index contributed by atoms with van der Waals surface area (Å²) in [6.07, 6.45) is 2.31. The van der Waals surface area contributed by atoms with E-state index in [2.05, 4.69) is 24.1 Å². The maximum atomic E-state index is 11.8. The minimum Gasteiger partial charge on any atom is -0.347 e. The molecule has 0 aromatic carbocycles. The number of aromatic nitrogens is 1. The number of carbonyl (C=O) groups excluding carboxylic acids is 1. The molecule has 0 fully saturated rings. The van der Waals surface area contributed by atoms with Gasteiger partial charge in [0.2, 0.25) is 0 Å². The largest absolute Gasteiger partial charge is 0.347 e. The molecule has 94 valence electrons. The van der Waals surface area contributed by atoms with Crippen LogP contribution in [0.3, 0.4) is 0 Å². The van der Waals surface area contributed by atoms with Crippen molar-refractivity contribution in [3.05, 3.63) is 29.0 Å². The summed E-state index contributed by atoms with van der Waals surface area (Å²) in [6, 6.07) is 3.23. The van der Waals surface area contributed by atoms with Crippen LogP contribution in [0.4, 0.5) is 0 Å². The van der Waals surface area contributed by atoms with Gasteiger partial charge >= 0.3 is 0 Å². The molecule has 0 radical (unpaired) electrons. The fraction of sp³-hybridized carbons (Fsp3) is 0.500. The van der Waals surface area contributed by atoms with Gasteiger partial charge in [0.15, 0.2) is 0 Å². The number of nitrogens with zero attached hydrogens (tertiary/aromatic N) is 1. The van der Waals surface area contributed by atoms with Crippen LogP contribution in [0.25, 0.3) is 0 Å². The van der Waals surface area contributed by atoms with Gasteiger partial charge in [-0.15, -0.1) is 0 Å². The van der Waals surface area contributed by atoms with Gasteiger partial charge in [0.25, 0.3) is 5.91 Å². The third kappa shape index (κ3) is 4.71. The lowest BCUT2D eigenvalue weighted by molar-refractivity contribution is 0.0928. The summed E-state index contributed by atoms with van der Waals surface area (Å²) in [6.45, 7) is 4.61. The monoisotopic (exact) mass is 255 g/mol. The zero-order valence-corrected chi connectivity index (χ0v) is 10.9. The molecule has 0 spiro atoms. The maximum absolute atomic E-state index is 11.8. The summed E-state index contributed by atoms with van der Waals surface area (Å²) in [5.41, 5.74) is 5.97. The van der Waals surface area contributed by atoms with Crippen molar-refractivity contribution in [1.82, 2.24) is 10.3 Å². The molecule has 1 aromatic rings. The SMILES string of the molecule is CC(C)CC(CN)NC(=O)c1ccc(Cl)cn1. The average Bonchev–Trinajstić information content (AvgIpc) is 2.28. The highest BCUT2D eigenvalue weighted by atomic mass is 35.5. The summed E-state index contributed by atoms with van der Waals surface area (Å²) >= 11 is 5.70. The van der Waals surface area contributed by atoms with Crippen LogP contribution in [0.1, 0.15) is 30.8 Å². The summed E-state index contributed by atoms with van der Waals surface area (Å²) in [7, 11) is 0. The van der Waals surface area contributed by atoms with E-state index < -0.39 is 0 Å². The smallest absolute Gasteiger partial charge is 0.270 e. The third-order valence-corrected chi connectivity index (χ3v) is 2.56. The van der Waals surface area contributed by atoms with Gasteiger partial charge < -0.3 is 11.1 Å². The number of nitrogens with one attached hydrogen (secondary N) is 1. The molecular weight excluding hydrogens is 238 g/mol. The average molecular weight is 256 g/mol. The van der Waals surface area contributed by atoms with Crippen molar-refractivity contribution in [2.24, 2.45) is 11.7 Å². The van der Waals surface area contributed by atoms with Crippen molar-refractivity contribution in [3.8, 4) is 0 Å². The fourth-order valence-electron chi connectivity index (χ4n) is 1.55. The lowest BCUT2D eigenvalue weighted by Crippen LogP contribution is -2.41. The highest BCUT2D eigenvalue weighted by molar-refractivity contribution is 6.30. The van der Waals surface area contributed by atoms with E-state index in [9.17, 15) is 4.79 Å². The normalized spacial score (nSPS) is 12.5. The quantitative estimate of drug-likeness (QED) is 0.844. The Morgan fingerprint density at radius 3 is 2.71 bits per heavy atom. The number of amides is 1. The highest BCUT2D eigenvalue weighted by Crippen LogP contribution is 2.07. The molecule has 17 heavy (non-hydrogen) atoms. The van der Waals surface area contributed by atoms with Crippen LogP contribution >= 0.6 is 11.6 Å². The van der Waals surface area contributed by atoms with Gasteiger partial charge in [0.1, 0.15) is 5.69 Å². The molecule has 0 bridgehead atoms. The Balaban J connectivity index is 2.61. The van der Waals surface area contributed by atoms with Crippen molar-refractivity contribution >= 4 is 17.5 Å². The molecule has 1 aromatic heterocycles. The number of halogens is 1. The molecule has 0 saturated heterocycles. The zero-order chi connectivity index (χ0) is 12.8. The summed E-state index contributed by atoms with van der Waals surface area (Å²) < 4.78 is 0. The first kappa shape index (κ1) is 13.9. The Kier molecular flexibility index (Phi) is 5.38. The Bertz CT molecular complexity index is 365. The van der Waals surface area contributed by atoms with Crippen LogP contribution in [0.15, 0.2) is 18.3 Å². The molecule has 3 N–H and O–H groups in total. The Morgan fingerprint density at radius 2 is 2.24 bits per heavy atom. The van der Waals surface area contributed by atoms with E-state index in [1.54, 1.807) is 12.1 Å². The van der Waals surface area contributed by atoms with Gasteiger partial charge in [-0.3, -0.25) is 4.79 Å². The second kappa shape index (κ2) is 6.57. The van der Waals surface area contributed by atoms with Gasteiger partial charge in [-0.2, -0.15) is 0 Å². The van der Waals surface area contributed by atoms with Crippen LogP contribution in [-0.2, 0) is 0 Å². The molecule has 0 aliphatic rings. The van der Waals surface area contributed by atoms with Crippen molar-refractivity contribution in [1.29, 1.82) is 0 Å². The summed E-state index contributed by atoms with van der Waals surface area (Å²) in [5.74, 6) is 0.278. The molecule has 1 unspecified atom stereocenters. The second-order valence-electron chi connectivity index (χ2n) is 4.40. The van der Waals surface area contributed by atoms with Crippen LogP contribution in [0.5, 0.6) is 0 Å². The van der Waals surface area contributed by atoms with Gasteiger partial charge in [-0.25, -0.2) is 4.98 Å². The van der Waals surface area contributed by atoms with Gasteiger partial charge in [-0.1, -0.05) is 25.4 Å². The number of hydrogen-bond donors (Lipinski definition) is 2. The van der Waals surface area contributed by atoms with Crippen LogP contribution < -0.4 is 11.1 Å². The summed E-state index contributed by atoms with van der Waals surface area (Å²) in [4.78, 5) is 15.8. The number of nitrogens with two attached hydrogens (primary N) is 1. The van der Waals surface area contributed by atoms with Crippen molar-refractivity contribution in [2.75, 3.05) is 6.54 Å². The predicted molar refractivity (Wildman–Crippen MR) is 69.0 cm³/mol. The van der Waals surface area contributed by atoms with E-state index in [0.717, 1.165) is 6.42 Å². The Labute approximate surface area is 107 Å². The zero-order valence-electron chi connectivity index (χ0n) is 10.1. The second-order valence-corrected chi connectivity index (χ2v) is 4.83. The van der Waals surface area contributed by atoms with E-state index in [-0.39, 0.29) is 11.9 Å². The predicted octanol–water partition coefficient (Wildman–Crippen LogP) is 1.84. The molecule has 5 heteroatoms. The molecule has 1 atom stereocenters. The maximum Gasteiger partial charge on any atom is 0.270 e. The van der Waals surface area contributed by atoms with Crippen LogP contribution in [0, 0.1) is 5.92 Å². The molecular formula is C12H18ClN3O. The number of hydrogen-bond acceptors (Lipinski definition) is 3. The molecule has 1 rings (SSSR count). The standard InChI is InChI=1S/C12H18ClN3O/c1-8(2)5-10(6-14)16-12(17)11-4-3-9(13)7-15-11/h3-4,7-8,10H,5-6,14H2,1-2H3,(H,16,17). The molecule has 1 heterocycles. The lowest BCUT2D eigenvalue weighted by Gasteiger charge is -2.18. The molecule has 1 amide bonds. The highest BCUT2D eigenvalue weighted by Gasteiger charge is 2.14. The van der Waals surface area contributed by atoms with Gasteiger partial charge in [-0.05, 0) is 24.5 Å². The van der Waals surface area contributed by atoms with E-state index >= 15 is 0 Å².